The fourth-order valence-electron chi connectivity index (χ4n) is 5.79. The molecule has 0 unspecified atom stereocenters. The van der Waals surface area contributed by atoms with E-state index < -0.39 is 23.6 Å². The van der Waals surface area contributed by atoms with Gasteiger partial charge in [-0.05, 0) is 32.1 Å². The maximum absolute atomic E-state index is 14.0. The number of nitrogens with one attached hydrogen (secondary N) is 4. The molecule has 2 aliphatic heterocycles. The van der Waals surface area contributed by atoms with Crippen molar-refractivity contribution < 1.29 is 19.1 Å². The van der Waals surface area contributed by atoms with Crippen LogP contribution in [0.5, 0.6) is 0 Å². The number of imidazole rings is 1. The van der Waals surface area contributed by atoms with Crippen LogP contribution in [0.2, 0.25) is 0 Å². The minimum absolute atomic E-state index is 0.167. The van der Waals surface area contributed by atoms with Gasteiger partial charge in [0.1, 0.15) is 17.7 Å². The molecule has 220 valence electrons. The molecule has 2 atom stereocenters. The molecule has 3 heterocycles. The van der Waals surface area contributed by atoms with Crippen molar-refractivity contribution in [1.29, 1.82) is 0 Å². The second-order valence-electron chi connectivity index (χ2n) is 11.3. The lowest BCUT2D eigenvalue weighted by molar-refractivity contribution is -0.141. The van der Waals surface area contributed by atoms with Crippen LogP contribution < -0.4 is 16.0 Å². The number of rotatable bonds is 8. The summed E-state index contributed by atoms with van der Waals surface area (Å²) in [5.41, 5.74) is 5.35. The number of anilines is 1. The number of piperidine rings is 1. The van der Waals surface area contributed by atoms with E-state index in [4.69, 9.17) is 4.74 Å². The third-order valence-corrected chi connectivity index (χ3v) is 7.99. The van der Waals surface area contributed by atoms with Crippen molar-refractivity contribution in [1.82, 2.24) is 25.5 Å². The number of fused-ring (bicyclic) bond motifs is 2. The van der Waals surface area contributed by atoms with Crippen LogP contribution in [0.25, 0.3) is 0 Å². The Bertz CT molecular complexity index is 1460. The quantitative estimate of drug-likeness (QED) is 0.329. The van der Waals surface area contributed by atoms with Gasteiger partial charge >= 0.3 is 0 Å². The Morgan fingerprint density at radius 1 is 1.02 bits per heavy atom. The minimum Gasteiger partial charge on any atom is -0.468 e. The summed E-state index contributed by atoms with van der Waals surface area (Å²) in [6.07, 6.45) is 4.86. The first-order chi connectivity index (χ1) is 20.1. The zero-order valence-electron chi connectivity index (χ0n) is 24.3. The van der Waals surface area contributed by atoms with E-state index in [9.17, 15) is 14.4 Å². The highest BCUT2D eigenvalue weighted by atomic mass is 16.5. The molecule has 2 aromatic carbocycles. The molecule has 1 saturated heterocycles. The van der Waals surface area contributed by atoms with Crippen LogP contribution in [0.4, 0.5) is 5.69 Å². The molecule has 5 rings (SSSR count). The SMILES string of the molecule is C=C1Nc2ccc(C)cc2C2(CCN(C(=O)[C@H](Cc3ccc(C)cc3)NC(=O)[C@H](Cc3cnc[nH]3)NC(C)=O)CC2)O1. The minimum atomic E-state index is -0.866. The zero-order valence-corrected chi connectivity index (χ0v) is 24.3. The molecule has 1 spiro atoms. The predicted molar refractivity (Wildman–Crippen MR) is 159 cm³/mol. The number of amides is 3. The van der Waals surface area contributed by atoms with Crippen LogP contribution >= 0.6 is 0 Å². The smallest absolute Gasteiger partial charge is 0.245 e. The Morgan fingerprint density at radius 2 is 1.74 bits per heavy atom. The number of nitrogens with zero attached hydrogens (tertiary/aromatic N) is 2. The molecule has 10 heteroatoms. The molecule has 2 aliphatic rings. The number of carbonyl (C=O) groups is 3. The van der Waals surface area contributed by atoms with Gasteiger partial charge in [-0.2, -0.15) is 0 Å². The summed E-state index contributed by atoms with van der Waals surface area (Å²) < 4.78 is 6.31. The van der Waals surface area contributed by atoms with Gasteiger partial charge in [0.2, 0.25) is 17.7 Å². The second-order valence-corrected chi connectivity index (χ2v) is 11.3. The van der Waals surface area contributed by atoms with Crippen LogP contribution in [-0.2, 0) is 37.6 Å². The summed E-state index contributed by atoms with van der Waals surface area (Å²) in [5.74, 6) is -0.436. The normalized spacial score (nSPS) is 16.9. The number of ether oxygens (including phenoxy) is 1. The first-order valence-corrected chi connectivity index (χ1v) is 14.3. The first kappa shape index (κ1) is 28.9. The van der Waals surface area contributed by atoms with E-state index in [2.05, 4.69) is 51.6 Å². The van der Waals surface area contributed by atoms with Gasteiger partial charge in [-0.1, -0.05) is 47.5 Å². The Labute approximate surface area is 245 Å². The van der Waals surface area contributed by atoms with Crippen molar-refractivity contribution >= 4 is 23.4 Å². The molecule has 10 nitrogen and oxygen atoms in total. The molecular formula is C32H38N6O4. The Hall–Kier alpha value is -4.60. The molecule has 1 aromatic heterocycles. The highest BCUT2D eigenvalue weighted by Gasteiger charge is 2.44. The lowest BCUT2D eigenvalue weighted by Gasteiger charge is -2.46. The maximum atomic E-state index is 14.0. The summed E-state index contributed by atoms with van der Waals surface area (Å²) in [6, 6.07) is 12.5. The summed E-state index contributed by atoms with van der Waals surface area (Å²) in [6.45, 7) is 10.4. The number of H-pyrrole nitrogens is 1. The first-order valence-electron chi connectivity index (χ1n) is 14.3. The van der Waals surface area contributed by atoms with Gasteiger partial charge in [0.05, 0.1) is 6.33 Å². The van der Waals surface area contributed by atoms with Crippen molar-refractivity contribution in [3.05, 3.63) is 95.4 Å². The van der Waals surface area contributed by atoms with Gasteiger partial charge in [-0.3, -0.25) is 14.4 Å². The maximum Gasteiger partial charge on any atom is 0.245 e. The summed E-state index contributed by atoms with van der Waals surface area (Å²) >= 11 is 0. The Balaban J connectivity index is 1.35. The van der Waals surface area contributed by atoms with Gasteiger partial charge in [0.25, 0.3) is 0 Å². The molecule has 0 bridgehead atoms. The standard InChI is InChI=1S/C32H38N6O4/c1-20-5-8-24(9-6-20)16-29(37-30(40)28(35-22(3)39)17-25-18-33-19-34-25)31(41)38-13-11-32(12-14-38)26-15-21(2)7-10-27(26)36-23(4)42-32/h5-10,15,18-19,28-29,36H,4,11-14,16-17H2,1-3H3,(H,33,34)(H,35,39)(H,37,40)/t28-,29-/m0/s1. The van der Waals surface area contributed by atoms with E-state index in [0.29, 0.717) is 43.9 Å². The molecule has 42 heavy (non-hydrogen) atoms. The molecule has 1 fully saturated rings. The third-order valence-electron chi connectivity index (χ3n) is 7.99. The van der Waals surface area contributed by atoms with Gasteiger partial charge in [-0.25, -0.2) is 4.98 Å². The number of hydrogen-bond donors (Lipinski definition) is 4. The molecule has 0 saturated carbocycles. The molecular weight excluding hydrogens is 532 g/mol. The number of aryl methyl sites for hydroxylation is 2. The zero-order chi connectivity index (χ0) is 29.9. The van der Waals surface area contributed by atoms with Gasteiger partial charge < -0.3 is 30.6 Å². The second kappa shape index (κ2) is 12.1. The van der Waals surface area contributed by atoms with Crippen molar-refractivity contribution in [3.63, 3.8) is 0 Å². The average Bonchev–Trinajstić information content (AvgIpc) is 3.47. The van der Waals surface area contributed by atoms with Crippen molar-refractivity contribution in [2.75, 3.05) is 18.4 Å². The lowest BCUT2D eigenvalue weighted by atomic mass is 9.81. The summed E-state index contributed by atoms with van der Waals surface area (Å²) in [5, 5.41) is 8.90. The van der Waals surface area contributed by atoms with Gasteiger partial charge in [0.15, 0.2) is 5.88 Å². The van der Waals surface area contributed by atoms with E-state index in [0.717, 1.165) is 27.9 Å². The Morgan fingerprint density at radius 3 is 2.40 bits per heavy atom. The molecule has 0 radical (unpaired) electrons. The summed E-state index contributed by atoms with van der Waals surface area (Å²) in [7, 11) is 0. The number of aromatic nitrogens is 2. The number of likely N-dealkylation sites (tertiary alicyclic amines) is 1. The van der Waals surface area contributed by atoms with E-state index >= 15 is 0 Å². The van der Waals surface area contributed by atoms with Crippen LogP contribution in [0.15, 0.2) is 67.5 Å². The van der Waals surface area contributed by atoms with E-state index in [-0.39, 0.29) is 18.2 Å². The van der Waals surface area contributed by atoms with E-state index in [1.807, 2.05) is 37.3 Å². The number of aromatic amines is 1. The monoisotopic (exact) mass is 570 g/mol. The van der Waals surface area contributed by atoms with Crippen molar-refractivity contribution in [2.24, 2.45) is 0 Å². The molecule has 3 amide bonds. The topological polar surface area (TPSA) is 128 Å². The highest BCUT2D eigenvalue weighted by Crippen LogP contribution is 2.45. The summed E-state index contributed by atoms with van der Waals surface area (Å²) in [4.78, 5) is 48.3. The van der Waals surface area contributed by atoms with Crippen LogP contribution in [-0.4, -0.2) is 57.8 Å². The lowest BCUT2D eigenvalue weighted by Crippen LogP contribution is -2.57. The number of carbonyl (C=O) groups excluding carboxylic acids is 3. The van der Waals surface area contributed by atoms with Crippen LogP contribution in [0.3, 0.4) is 0 Å². The largest absolute Gasteiger partial charge is 0.468 e. The number of benzene rings is 2. The number of hydrogen-bond acceptors (Lipinski definition) is 6. The van der Waals surface area contributed by atoms with Crippen molar-refractivity contribution in [3.8, 4) is 0 Å². The average molecular weight is 571 g/mol. The molecule has 4 N–H and O–H groups in total. The van der Waals surface area contributed by atoms with E-state index in [1.54, 1.807) is 11.1 Å². The van der Waals surface area contributed by atoms with Crippen LogP contribution in [0, 0.1) is 13.8 Å². The molecule has 3 aromatic rings. The van der Waals surface area contributed by atoms with Crippen LogP contribution in [0.1, 0.15) is 47.7 Å². The predicted octanol–water partition coefficient (Wildman–Crippen LogP) is 3.23. The fraction of sp³-hybridized carbons (Fsp3) is 0.375. The van der Waals surface area contributed by atoms with Gasteiger partial charge in [-0.15, -0.1) is 0 Å². The van der Waals surface area contributed by atoms with Gasteiger partial charge in [0, 0.05) is 68.8 Å². The highest BCUT2D eigenvalue weighted by molar-refractivity contribution is 5.92. The van der Waals surface area contributed by atoms with E-state index in [1.165, 1.54) is 13.3 Å². The molecule has 0 aliphatic carbocycles. The van der Waals surface area contributed by atoms with Crippen molar-refractivity contribution in [2.45, 2.75) is 64.1 Å². The third kappa shape index (κ3) is 6.48. The fourth-order valence-corrected chi connectivity index (χ4v) is 5.79. The Kier molecular flexibility index (Phi) is 8.33.